The summed E-state index contributed by atoms with van der Waals surface area (Å²) in [5.41, 5.74) is 1.01. The second-order valence-electron chi connectivity index (χ2n) is 6.20. The molecule has 0 aliphatic carbocycles. The lowest BCUT2D eigenvalue weighted by molar-refractivity contribution is 0.0897. The molecule has 0 atom stereocenters. The maximum atomic E-state index is 12.2. The van der Waals surface area contributed by atoms with Gasteiger partial charge in [0.1, 0.15) is 5.75 Å². The van der Waals surface area contributed by atoms with Crippen molar-refractivity contribution < 1.29 is 28.3 Å². The number of hydrogen-bond donors (Lipinski definition) is 2. The fraction of sp³-hybridized carbons (Fsp3) is 0.238. The van der Waals surface area contributed by atoms with E-state index in [2.05, 4.69) is 20.8 Å². The minimum Gasteiger partial charge on any atom is -0.496 e. The van der Waals surface area contributed by atoms with Crippen LogP contribution in [0.1, 0.15) is 21.0 Å². The van der Waals surface area contributed by atoms with Crippen molar-refractivity contribution in [3.05, 3.63) is 53.9 Å². The lowest BCUT2D eigenvalue weighted by Gasteiger charge is -2.09. The molecule has 0 aliphatic rings. The van der Waals surface area contributed by atoms with E-state index in [-0.39, 0.29) is 30.7 Å². The Labute approximate surface area is 178 Å². The summed E-state index contributed by atoms with van der Waals surface area (Å²) >= 11 is 0. The molecular formula is C21H22N4O6. The minimum atomic E-state index is -0.550. The number of nitrogens with one attached hydrogen (secondary N) is 2. The van der Waals surface area contributed by atoms with Crippen LogP contribution in [0.25, 0.3) is 11.4 Å². The first kappa shape index (κ1) is 21.6. The fourth-order valence-electron chi connectivity index (χ4n) is 2.76. The van der Waals surface area contributed by atoms with Gasteiger partial charge in [-0.2, -0.15) is 4.98 Å². The van der Waals surface area contributed by atoms with Crippen LogP contribution in [0, 0.1) is 0 Å². The Hall–Kier alpha value is -4.08. The number of nitrogens with zero attached hydrogens (tertiary/aromatic N) is 2. The second kappa shape index (κ2) is 10.1. The lowest BCUT2D eigenvalue weighted by atomic mass is 10.2. The summed E-state index contributed by atoms with van der Waals surface area (Å²) in [5.74, 6) is 0.712. The van der Waals surface area contributed by atoms with Gasteiger partial charge in [0.05, 0.1) is 26.9 Å². The molecule has 0 aliphatic heterocycles. The van der Waals surface area contributed by atoms with Crippen molar-refractivity contribution in [2.24, 2.45) is 0 Å². The molecule has 0 fully saturated rings. The molecule has 2 N–H and O–H groups in total. The molecule has 10 nitrogen and oxygen atoms in total. The third-order valence-corrected chi connectivity index (χ3v) is 4.31. The van der Waals surface area contributed by atoms with Crippen molar-refractivity contribution >= 4 is 11.8 Å². The van der Waals surface area contributed by atoms with Crippen molar-refractivity contribution in [1.82, 2.24) is 20.8 Å². The van der Waals surface area contributed by atoms with Gasteiger partial charge in [0, 0.05) is 18.7 Å². The van der Waals surface area contributed by atoms with E-state index in [1.54, 1.807) is 42.5 Å². The number of amides is 2. The molecule has 0 saturated carbocycles. The van der Waals surface area contributed by atoms with Crippen LogP contribution in [-0.2, 0) is 0 Å². The molecule has 3 aromatic rings. The average Bonchev–Trinajstić information content (AvgIpc) is 3.31. The first-order valence-electron chi connectivity index (χ1n) is 9.33. The lowest BCUT2D eigenvalue weighted by Crippen LogP contribution is -2.34. The Morgan fingerprint density at radius 2 is 1.55 bits per heavy atom. The van der Waals surface area contributed by atoms with Gasteiger partial charge in [0.2, 0.25) is 5.82 Å². The first-order chi connectivity index (χ1) is 15.1. The SMILES string of the molecule is COc1ccc(-c2noc(C(=O)NCCNC(=O)c3ccccc3OC)n2)cc1OC. The van der Waals surface area contributed by atoms with Crippen molar-refractivity contribution in [3.63, 3.8) is 0 Å². The van der Waals surface area contributed by atoms with Gasteiger partial charge in [-0.25, -0.2) is 0 Å². The van der Waals surface area contributed by atoms with Crippen molar-refractivity contribution in [2.45, 2.75) is 0 Å². The standard InChI is InChI=1S/C21H22N4O6/c1-28-15-7-5-4-6-14(15)19(26)22-10-11-23-20(27)21-24-18(25-31-21)13-8-9-16(29-2)17(12-13)30-3/h4-9,12H,10-11H2,1-3H3,(H,22,26)(H,23,27). The molecule has 10 heteroatoms. The number of carbonyl (C=O) groups is 2. The highest BCUT2D eigenvalue weighted by Gasteiger charge is 2.17. The van der Waals surface area contributed by atoms with E-state index < -0.39 is 5.91 Å². The van der Waals surface area contributed by atoms with Gasteiger partial charge >= 0.3 is 11.8 Å². The highest BCUT2D eigenvalue weighted by molar-refractivity contribution is 5.97. The number of methoxy groups -OCH3 is 3. The van der Waals surface area contributed by atoms with E-state index in [0.29, 0.717) is 28.4 Å². The predicted molar refractivity (Wildman–Crippen MR) is 110 cm³/mol. The van der Waals surface area contributed by atoms with Crippen LogP contribution in [0.5, 0.6) is 17.2 Å². The number of benzene rings is 2. The van der Waals surface area contributed by atoms with Gasteiger partial charge in [-0.3, -0.25) is 9.59 Å². The Morgan fingerprint density at radius 1 is 0.871 bits per heavy atom. The molecule has 2 amide bonds. The maximum absolute atomic E-state index is 12.2. The van der Waals surface area contributed by atoms with Crippen LogP contribution in [0.2, 0.25) is 0 Å². The van der Waals surface area contributed by atoms with Gasteiger partial charge in [-0.1, -0.05) is 17.3 Å². The third-order valence-electron chi connectivity index (χ3n) is 4.31. The van der Waals surface area contributed by atoms with Crippen LogP contribution in [0.3, 0.4) is 0 Å². The van der Waals surface area contributed by atoms with Gasteiger partial charge in [0.25, 0.3) is 5.91 Å². The summed E-state index contributed by atoms with van der Waals surface area (Å²) in [4.78, 5) is 28.6. The number of para-hydroxylation sites is 1. The Morgan fingerprint density at radius 3 is 2.26 bits per heavy atom. The van der Waals surface area contributed by atoms with Crippen molar-refractivity contribution in [3.8, 4) is 28.6 Å². The van der Waals surface area contributed by atoms with Gasteiger partial charge in [-0.05, 0) is 30.3 Å². The monoisotopic (exact) mass is 426 g/mol. The summed E-state index contributed by atoms with van der Waals surface area (Å²) in [6.07, 6.45) is 0. The number of aromatic nitrogens is 2. The van der Waals surface area contributed by atoms with Gasteiger partial charge in [0.15, 0.2) is 11.5 Å². The quantitative estimate of drug-likeness (QED) is 0.497. The minimum absolute atomic E-state index is 0.174. The molecule has 31 heavy (non-hydrogen) atoms. The number of hydrogen-bond acceptors (Lipinski definition) is 8. The van der Waals surface area contributed by atoms with Crippen LogP contribution in [0.15, 0.2) is 47.0 Å². The topological polar surface area (TPSA) is 125 Å². The molecule has 0 bridgehead atoms. The van der Waals surface area contributed by atoms with E-state index in [4.69, 9.17) is 18.7 Å². The largest absolute Gasteiger partial charge is 0.496 e. The van der Waals surface area contributed by atoms with Crippen LogP contribution in [0.4, 0.5) is 0 Å². The highest BCUT2D eigenvalue weighted by atomic mass is 16.5. The predicted octanol–water partition coefficient (Wildman–Crippen LogP) is 1.92. The van der Waals surface area contributed by atoms with Gasteiger partial charge < -0.3 is 29.4 Å². The van der Waals surface area contributed by atoms with Crippen molar-refractivity contribution in [2.75, 3.05) is 34.4 Å². The fourth-order valence-corrected chi connectivity index (χ4v) is 2.76. The molecule has 162 valence electrons. The third kappa shape index (κ3) is 5.10. The molecule has 0 unspecified atom stereocenters. The van der Waals surface area contributed by atoms with Crippen LogP contribution >= 0.6 is 0 Å². The van der Waals surface area contributed by atoms with E-state index in [1.807, 2.05) is 0 Å². The number of rotatable bonds is 9. The smallest absolute Gasteiger partial charge is 0.316 e. The second-order valence-corrected chi connectivity index (χ2v) is 6.20. The van der Waals surface area contributed by atoms with Crippen LogP contribution < -0.4 is 24.8 Å². The highest BCUT2D eigenvalue weighted by Crippen LogP contribution is 2.31. The first-order valence-corrected chi connectivity index (χ1v) is 9.33. The zero-order chi connectivity index (χ0) is 22.2. The summed E-state index contributed by atoms with van der Waals surface area (Å²) < 4.78 is 20.6. The molecule has 3 rings (SSSR count). The molecule has 2 aromatic carbocycles. The molecule has 1 aromatic heterocycles. The zero-order valence-electron chi connectivity index (χ0n) is 17.3. The van der Waals surface area contributed by atoms with Crippen molar-refractivity contribution in [1.29, 1.82) is 0 Å². The summed E-state index contributed by atoms with van der Waals surface area (Å²) in [6.45, 7) is 0.382. The van der Waals surface area contributed by atoms with Crippen LogP contribution in [-0.4, -0.2) is 56.4 Å². The summed E-state index contributed by atoms with van der Waals surface area (Å²) in [5, 5.41) is 9.15. The average molecular weight is 426 g/mol. The van der Waals surface area contributed by atoms with E-state index in [1.165, 1.54) is 21.3 Å². The van der Waals surface area contributed by atoms with E-state index in [9.17, 15) is 9.59 Å². The number of carbonyl (C=O) groups excluding carboxylic acids is 2. The van der Waals surface area contributed by atoms with E-state index >= 15 is 0 Å². The Bertz CT molecular complexity index is 1070. The van der Waals surface area contributed by atoms with Gasteiger partial charge in [-0.15, -0.1) is 0 Å². The molecule has 0 spiro atoms. The normalized spacial score (nSPS) is 10.3. The Kier molecular flexibility index (Phi) is 7.05. The summed E-state index contributed by atoms with van der Waals surface area (Å²) in [7, 11) is 4.55. The molecular weight excluding hydrogens is 404 g/mol. The molecule has 1 heterocycles. The zero-order valence-corrected chi connectivity index (χ0v) is 17.3. The number of ether oxygens (including phenoxy) is 3. The van der Waals surface area contributed by atoms with E-state index in [0.717, 1.165) is 0 Å². The molecule has 0 radical (unpaired) electrons. The molecule has 0 saturated heterocycles. The Balaban J connectivity index is 1.54. The summed E-state index contributed by atoms with van der Waals surface area (Å²) in [6, 6.07) is 12.0. The maximum Gasteiger partial charge on any atom is 0.316 e.